The van der Waals surface area contributed by atoms with Crippen LogP contribution in [-0.2, 0) is 0 Å². The Kier molecular flexibility index (Phi) is 3.06. The number of para-hydroxylation sites is 2. The lowest BCUT2D eigenvalue weighted by Crippen LogP contribution is -2.09. The Hall–Kier alpha value is -2.49. The van der Waals surface area contributed by atoms with E-state index in [0.717, 1.165) is 11.0 Å². The fraction of sp³-hybridized carbons (Fsp3) is 0.188. The summed E-state index contributed by atoms with van der Waals surface area (Å²) in [6.45, 7) is 3.75. The number of carbonyl (C=O) groups excluding carboxylic acids is 1. The first-order valence-corrected chi connectivity index (χ1v) is 6.61. The number of pyridine rings is 1. The fourth-order valence-corrected chi connectivity index (χ4v) is 2.07. The van der Waals surface area contributed by atoms with Crippen LogP contribution < -0.4 is 0 Å². The lowest BCUT2D eigenvalue weighted by molar-refractivity contribution is 0.0934. The van der Waals surface area contributed by atoms with E-state index >= 15 is 0 Å². The summed E-state index contributed by atoms with van der Waals surface area (Å²) in [6, 6.07) is 13.2. The van der Waals surface area contributed by atoms with Gasteiger partial charge in [-0.1, -0.05) is 32.0 Å². The molecule has 0 saturated heterocycles. The molecule has 3 aromatic rings. The van der Waals surface area contributed by atoms with Crippen LogP contribution >= 0.6 is 0 Å². The Bertz CT molecular complexity index is 741. The Morgan fingerprint density at radius 2 is 1.85 bits per heavy atom. The van der Waals surface area contributed by atoms with Crippen LogP contribution in [0.15, 0.2) is 42.5 Å². The highest BCUT2D eigenvalue weighted by Gasteiger charge is 2.14. The Balaban J connectivity index is 2.05. The number of hydrogen-bond donors (Lipinski definition) is 1. The zero-order valence-electron chi connectivity index (χ0n) is 11.4. The summed E-state index contributed by atoms with van der Waals surface area (Å²) in [5.41, 5.74) is 3.03. The molecular formula is C16H15N3O. The number of imidazole rings is 1. The summed E-state index contributed by atoms with van der Waals surface area (Å²) >= 11 is 0. The molecule has 4 heteroatoms. The average Bonchev–Trinajstić information content (AvgIpc) is 2.90. The third-order valence-electron chi connectivity index (χ3n) is 3.16. The molecule has 3 rings (SSSR count). The SMILES string of the molecule is CC(C)C(=O)c1cccc(-c2nc3ccccc3[nH]2)n1. The third kappa shape index (κ3) is 2.20. The molecule has 1 N–H and O–H groups in total. The summed E-state index contributed by atoms with van der Waals surface area (Å²) in [7, 11) is 0. The van der Waals surface area contributed by atoms with Crippen molar-refractivity contribution in [1.29, 1.82) is 0 Å². The average molecular weight is 265 g/mol. The molecule has 0 aliphatic heterocycles. The maximum atomic E-state index is 12.0. The van der Waals surface area contributed by atoms with Crippen molar-refractivity contribution in [2.24, 2.45) is 5.92 Å². The Morgan fingerprint density at radius 3 is 2.60 bits per heavy atom. The highest BCUT2D eigenvalue weighted by molar-refractivity contribution is 5.96. The second-order valence-electron chi connectivity index (χ2n) is 5.03. The normalized spacial score (nSPS) is 11.2. The third-order valence-corrected chi connectivity index (χ3v) is 3.16. The molecule has 0 atom stereocenters. The van der Waals surface area contributed by atoms with E-state index in [9.17, 15) is 4.79 Å². The Labute approximate surface area is 116 Å². The standard InChI is InChI=1S/C16H15N3O/c1-10(2)15(20)13-8-5-9-14(17-13)16-18-11-6-3-4-7-12(11)19-16/h3-10H,1-2H3,(H,18,19). The lowest BCUT2D eigenvalue weighted by Gasteiger charge is -2.04. The first-order valence-electron chi connectivity index (χ1n) is 6.61. The molecular weight excluding hydrogens is 250 g/mol. The van der Waals surface area contributed by atoms with Gasteiger partial charge in [-0.25, -0.2) is 9.97 Å². The van der Waals surface area contributed by atoms with Crippen LogP contribution in [0.1, 0.15) is 24.3 Å². The van der Waals surface area contributed by atoms with E-state index in [2.05, 4.69) is 15.0 Å². The molecule has 4 nitrogen and oxygen atoms in total. The van der Waals surface area contributed by atoms with Gasteiger partial charge < -0.3 is 4.98 Å². The minimum absolute atomic E-state index is 0.0444. The highest BCUT2D eigenvalue weighted by atomic mass is 16.1. The van der Waals surface area contributed by atoms with Gasteiger partial charge in [-0.05, 0) is 24.3 Å². The molecule has 0 saturated carbocycles. The van der Waals surface area contributed by atoms with Gasteiger partial charge in [0.15, 0.2) is 11.6 Å². The van der Waals surface area contributed by atoms with Gasteiger partial charge in [-0.2, -0.15) is 0 Å². The number of H-pyrrole nitrogens is 1. The maximum Gasteiger partial charge on any atom is 0.183 e. The van der Waals surface area contributed by atoms with Crippen molar-refractivity contribution in [3.8, 4) is 11.5 Å². The summed E-state index contributed by atoms with van der Waals surface area (Å²) in [6.07, 6.45) is 0. The molecule has 100 valence electrons. The molecule has 1 aromatic carbocycles. The van der Waals surface area contributed by atoms with Crippen LogP contribution in [0.3, 0.4) is 0 Å². The lowest BCUT2D eigenvalue weighted by atomic mass is 10.1. The van der Waals surface area contributed by atoms with Crippen LogP contribution in [0.25, 0.3) is 22.6 Å². The number of hydrogen-bond acceptors (Lipinski definition) is 3. The minimum Gasteiger partial charge on any atom is -0.337 e. The predicted octanol–water partition coefficient (Wildman–Crippen LogP) is 3.46. The minimum atomic E-state index is -0.0616. The maximum absolute atomic E-state index is 12.0. The second kappa shape index (κ2) is 4.89. The summed E-state index contributed by atoms with van der Waals surface area (Å²) in [4.78, 5) is 24.1. The van der Waals surface area contributed by atoms with Crippen molar-refractivity contribution in [2.75, 3.05) is 0 Å². The first-order chi connectivity index (χ1) is 9.65. The molecule has 0 bridgehead atoms. The fourth-order valence-electron chi connectivity index (χ4n) is 2.07. The molecule has 0 radical (unpaired) electrons. The first kappa shape index (κ1) is 12.5. The monoisotopic (exact) mass is 265 g/mol. The van der Waals surface area contributed by atoms with Crippen molar-refractivity contribution in [2.45, 2.75) is 13.8 Å². The molecule has 0 aliphatic carbocycles. The van der Waals surface area contributed by atoms with Gasteiger partial charge in [0, 0.05) is 5.92 Å². The van der Waals surface area contributed by atoms with E-state index in [4.69, 9.17) is 0 Å². The van der Waals surface area contributed by atoms with Gasteiger partial charge in [-0.3, -0.25) is 4.79 Å². The van der Waals surface area contributed by atoms with Gasteiger partial charge in [0.2, 0.25) is 0 Å². The van der Waals surface area contributed by atoms with Crippen LogP contribution in [0.4, 0.5) is 0 Å². The van der Waals surface area contributed by atoms with Crippen molar-refractivity contribution in [3.05, 3.63) is 48.2 Å². The number of ketones is 1. The van der Waals surface area contributed by atoms with E-state index in [-0.39, 0.29) is 11.7 Å². The zero-order valence-corrected chi connectivity index (χ0v) is 11.4. The van der Waals surface area contributed by atoms with E-state index in [0.29, 0.717) is 17.2 Å². The number of benzene rings is 1. The van der Waals surface area contributed by atoms with Gasteiger partial charge >= 0.3 is 0 Å². The molecule has 2 heterocycles. The van der Waals surface area contributed by atoms with E-state index in [1.165, 1.54) is 0 Å². The number of nitrogens with zero attached hydrogens (tertiary/aromatic N) is 2. The van der Waals surface area contributed by atoms with Crippen molar-refractivity contribution >= 4 is 16.8 Å². The van der Waals surface area contributed by atoms with Crippen LogP contribution in [0.2, 0.25) is 0 Å². The molecule has 0 spiro atoms. The molecule has 20 heavy (non-hydrogen) atoms. The number of aromatic nitrogens is 3. The molecule has 0 unspecified atom stereocenters. The van der Waals surface area contributed by atoms with Gasteiger partial charge in [-0.15, -0.1) is 0 Å². The number of rotatable bonds is 3. The van der Waals surface area contributed by atoms with E-state index in [1.54, 1.807) is 6.07 Å². The van der Waals surface area contributed by atoms with Crippen molar-refractivity contribution in [3.63, 3.8) is 0 Å². The zero-order chi connectivity index (χ0) is 14.1. The molecule has 0 aliphatic rings. The molecule has 0 amide bonds. The molecule has 0 fully saturated rings. The van der Waals surface area contributed by atoms with Gasteiger partial charge in [0.25, 0.3) is 0 Å². The summed E-state index contributed by atoms with van der Waals surface area (Å²) < 4.78 is 0. The predicted molar refractivity (Wildman–Crippen MR) is 78.5 cm³/mol. The summed E-state index contributed by atoms with van der Waals surface area (Å²) in [5, 5.41) is 0. The van der Waals surface area contributed by atoms with Crippen molar-refractivity contribution < 1.29 is 4.79 Å². The number of aromatic amines is 1. The number of nitrogens with one attached hydrogen (secondary N) is 1. The second-order valence-corrected chi connectivity index (χ2v) is 5.03. The number of fused-ring (bicyclic) bond motifs is 1. The Morgan fingerprint density at radius 1 is 1.05 bits per heavy atom. The van der Waals surface area contributed by atoms with Gasteiger partial charge in [0.05, 0.1) is 11.0 Å². The number of Topliss-reactive ketones (excluding diaryl/α,β-unsaturated/α-hetero) is 1. The smallest absolute Gasteiger partial charge is 0.183 e. The molecule has 2 aromatic heterocycles. The van der Waals surface area contributed by atoms with E-state index < -0.39 is 0 Å². The topological polar surface area (TPSA) is 58.6 Å². The highest BCUT2D eigenvalue weighted by Crippen LogP contribution is 2.19. The quantitative estimate of drug-likeness (QED) is 0.738. The van der Waals surface area contributed by atoms with Crippen LogP contribution in [0.5, 0.6) is 0 Å². The summed E-state index contributed by atoms with van der Waals surface area (Å²) in [5.74, 6) is 0.668. The van der Waals surface area contributed by atoms with Crippen LogP contribution in [-0.4, -0.2) is 20.7 Å². The largest absolute Gasteiger partial charge is 0.337 e. The van der Waals surface area contributed by atoms with Crippen molar-refractivity contribution in [1.82, 2.24) is 15.0 Å². The number of carbonyl (C=O) groups is 1. The van der Waals surface area contributed by atoms with E-state index in [1.807, 2.05) is 50.2 Å². The van der Waals surface area contributed by atoms with Gasteiger partial charge in [0.1, 0.15) is 11.4 Å². The van der Waals surface area contributed by atoms with Crippen LogP contribution in [0, 0.1) is 5.92 Å².